The van der Waals surface area contributed by atoms with Gasteiger partial charge in [0.05, 0.1) is 5.92 Å². The zero-order chi connectivity index (χ0) is 12.3. The molecule has 0 amide bonds. The fraction of sp³-hybridized carbons (Fsp3) is 0.889. The monoisotopic (exact) mass is 246 g/mol. The van der Waals surface area contributed by atoms with Crippen molar-refractivity contribution in [2.75, 3.05) is 0 Å². The van der Waals surface area contributed by atoms with Crippen LogP contribution in [0, 0.1) is 5.92 Å². The highest BCUT2D eigenvalue weighted by Crippen LogP contribution is 2.31. The molecule has 0 bridgehead atoms. The van der Waals surface area contributed by atoms with Crippen LogP contribution in [0.25, 0.3) is 0 Å². The summed E-state index contributed by atoms with van der Waals surface area (Å²) >= 11 is 0. The molecule has 0 heterocycles. The average Bonchev–Trinajstić information content (AvgIpc) is 2.63. The van der Waals surface area contributed by atoms with Crippen molar-refractivity contribution in [2.24, 2.45) is 5.92 Å². The summed E-state index contributed by atoms with van der Waals surface area (Å²) in [5, 5.41) is 0. The Labute approximate surface area is 88.8 Å². The molecular formula is C9H11F5O2. The van der Waals surface area contributed by atoms with E-state index in [4.69, 9.17) is 0 Å². The molecule has 94 valence electrons. The first-order valence-electron chi connectivity index (χ1n) is 4.87. The van der Waals surface area contributed by atoms with Gasteiger partial charge in [0.2, 0.25) is 0 Å². The maximum Gasteiger partial charge on any atom is 0.431 e. The van der Waals surface area contributed by atoms with Gasteiger partial charge in [0, 0.05) is 0 Å². The van der Waals surface area contributed by atoms with Crippen LogP contribution in [0.1, 0.15) is 25.7 Å². The van der Waals surface area contributed by atoms with Gasteiger partial charge in [-0.3, -0.25) is 4.79 Å². The van der Waals surface area contributed by atoms with E-state index in [1.54, 1.807) is 0 Å². The van der Waals surface area contributed by atoms with Gasteiger partial charge in [-0.15, -0.1) is 0 Å². The van der Waals surface area contributed by atoms with Gasteiger partial charge in [-0.2, -0.15) is 13.2 Å². The number of alkyl halides is 5. The summed E-state index contributed by atoms with van der Waals surface area (Å²) in [7, 11) is 0. The third-order valence-corrected chi connectivity index (χ3v) is 2.48. The Hall–Kier alpha value is -0.880. The van der Waals surface area contributed by atoms with Crippen LogP contribution in [0.5, 0.6) is 0 Å². The Morgan fingerprint density at radius 3 is 2.06 bits per heavy atom. The molecule has 7 heteroatoms. The number of hydrogen-bond donors (Lipinski definition) is 0. The zero-order valence-electron chi connectivity index (χ0n) is 8.27. The van der Waals surface area contributed by atoms with Gasteiger partial charge in [-0.1, -0.05) is 12.8 Å². The molecule has 0 spiro atoms. The van der Waals surface area contributed by atoms with Gasteiger partial charge in [0.1, 0.15) is 0 Å². The number of carbonyl (C=O) groups excluding carboxylic acids is 1. The lowest BCUT2D eigenvalue weighted by Gasteiger charge is -2.21. The summed E-state index contributed by atoms with van der Waals surface area (Å²) in [6.45, 7) is 0. The third-order valence-electron chi connectivity index (χ3n) is 2.48. The SMILES string of the molecule is O=C(OC(C(F)F)C(F)(F)F)C1CCCC1. The standard InChI is InChI=1S/C9H11F5O2/c10-7(11)6(9(12,13)14)16-8(15)5-3-1-2-4-5/h5-7H,1-4H2. The predicted molar refractivity (Wildman–Crippen MR) is 43.9 cm³/mol. The normalized spacial score (nSPS) is 20.1. The minimum atomic E-state index is -5.22. The van der Waals surface area contributed by atoms with Gasteiger partial charge >= 0.3 is 12.1 Å². The van der Waals surface area contributed by atoms with Crippen molar-refractivity contribution in [3.8, 4) is 0 Å². The molecule has 1 fully saturated rings. The highest BCUT2D eigenvalue weighted by molar-refractivity contribution is 5.73. The molecule has 1 atom stereocenters. The largest absolute Gasteiger partial charge is 0.446 e. The van der Waals surface area contributed by atoms with E-state index < -0.39 is 30.6 Å². The molecule has 0 saturated heterocycles. The van der Waals surface area contributed by atoms with Crippen molar-refractivity contribution in [1.82, 2.24) is 0 Å². The van der Waals surface area contributed by atoms with Crippen LogP contribution in [-0.2, 0) is 9.53 Å². The van der Waals surface area contributed by atoms with Crippen LogP contribution in [0.15, 0.2) is 0 Å². The Morgan fingerprint density at radius 1 is 1.19 bits per heavy atom. The molecule has 0 aromatic heterocycles. The molecule has 1 rings (SSSR count). The molecule has 1 unspecified atom stereocenters. The van der Waals surface area contributed by atoms with E-state index in [0.29, 0.717) is 25.7 Å². The third kappa shape index (κ3) is 3.31. The van der Waals surface area contributed by atoms with E-state index in [1.165, 1.54) is 0 Å². The smallest absolute Gasteiger partial charge is 0.431 e. The number of halogens is 5. The van der Waals surface area contributed by atoms with Crippen LogP contribution in [-0.4, -0.2) is 24.7 Å². The van der Waals surface area contributed by atoms with E-state index >= 15 is 0 Å². The van der Waals surface area contributed by atoms with E-state index in [9.17, 15) is 26.7 Å². The lowest BCUT2D eigenvalue weighted by molar-refractivity contribution is -0.250. The van der Waals surface area contributed by atoms with Crippen LogP contribution in [0.3, 0.4) is 0 Å². The Kier molecular flexibility index (Phi) is 4.09. The highest BCUT2D eigenvalue weighted by atomic mass is 19.4. The van der Waals surface area contributed by atoms with E-state index in [-0.39, 0.29) is 0 Å². The Bertz CT molecular complexity index is 245. The Morgan fingerprint density at radius 2 is 1.69 bits per heavy atom. The first kappa shape index (κ1) is 13.2. The molecule has 0 aromatic rings. The van der Waals surface area contributed by atoms with Crippen LogP contribution in [0.4, 0.5) is 22.0 Å². The molecule has 0 aliphatic heterocycles. The number of hydrogen-bond acceptors (Lipinski definition) is 2. The van der Waals surface area contributed by atoms with Gasteiger partial charge in [0.25, 0.3) is 12.5 Å². The second kappa shape index (κ2) is 4.97. The summed E-state index contributed by atoms with van der Waals surface area (Å²) in [6, 6.07) is 0. The summed E-state index contributed by atoms with van der Waals surface area (Å²) in [6.07, 6.45) is -10.0. The van der Waals surface area contributed by atoms with Gasteiger partial charge < -0.3 is 4.74 Å². The maximum atomic E-state index is 12.1. The number of rotatable bonds is 3. The molecule has 1 aliphatic rings. The van der Waals surface area contributed by atoms with Crippen LogP contribution in [0.2, 0.25) is 0 Å². The van der Waals surface area contributed by atoms with Crippen molar-refractivity contribution >= 4 is 5.97 Å². The zero-order valence-corrected chi connectivity index (χ0v) is 8.27. The summed E-state index contributed by atoms with van der Waals surface area (Å²) in [5.74, 6) is -1.83. The van der Waals surface area contributed by atoms with Crippen LogP contribution >= 0.6 is 0 Å². The van der Waals surface area contributed by atoms with E-state index in [1.807, 2.05) is 0 Å². The van der Waals surface area contributed by atoms with Crippen molar-refractivity contribution in [1.29, 1.82) is 0 Å². The lowest BCUT2D eigenvalue weighted by Crippen LogP contribution is -2.40. The topological polar surface area (TPSA) is 26.3 Å². The van der Waals surface area contributed by atoms with Crippen LogP contribution < -0.4 is 0 Å². The minimum Gasteiger partial charge on any atom is -0.446 e. The van der Waals surface area contributed by atoms with Crippen molar-refractivity contribution in [3.05, 3.63) is 0 Å². The summed E-state index contributed by atoms with van der Waals surface area (Å²) in [4.78, 5) is 11.2. The van der Waals surface area contributed by atoms with E-state index in [2.05, 4.69) is 4.74 Å². The number of esters is 1. The second-order valence-electron chi connectivity index (χ2n) is 3.71. The van der Waals surface area contributed by atoms with Gasteiger partial charge in [0.15, 0.2) is 0 Å². The molecule has 1 saturated carbocycles. The molecular weight excluding hydrogens is 235 g/mol. The quantitative estimate of drug-likeness (QED) is 0.565. The minimum absolute atomic E-state index is 0.409. The van der Waals surface area contributed by atoms with E-state index in [0.717, 1.165) is 0 Å². The predicted octanol–water partition coefficient (Wildman–Crippen LogP) is 2.92. The lowest BCUT2D eigenvalue weighted by atomic mass is 10.1. The maximum absolute atomic E-state index is 12.1. The van der Waals surface area contributed by atoms with Crippen molar-refractivity contribution in [2.45, 2.75) is 44.4 Å². The van der Waals surface area contributed by atoms with Crippen molar-refractivity contribution in [3.63, 3.8) is 0 Å². The first-order chi connectivity index (χ1) is 7.32. The summed E-state index contributed by atoms with van der Waals surface area (Å²) in [5.41, 5.74) is 0. The fourth-order valence-corrected chi connectivity index (χ4v) is 1.64. The average molecular weight is 246 g/mol. The van der Waals surface area contributed by atoms with Crippen molar-refractivity contribution < 1.29 is 31.5 Å². The highest BCUT2D eigenvalue weighted by Gasteiger charge is 2.49. The van der Waals surface area contributed by atoms with Gasteiger partial charge in [-0.25, -0.2) is 8.78 Å². The molecule has 2 nitrogen and oxygen atoms in total. The molecule has 1 aliphatic carbocycles. The molecule has 0 N–H and O–H groups in total. The van der Waals surface area contributed by atoms with Gasteiger partial charge in [-0.05, 0) is 12.8 Å². The first-order valence-corrected chi connectivity index (χ1v) is 4.87. The molecule has 0 aromatic carbocycles. The number of carbonyl (C=O) groups is 1. The summed E-state index contributed by atoms with van der Waals surface area (Å²) < 4.78 is 64.1. The second-order valence-corrected chi connectivity index (χ2v) is 3.71. The number of ether oxygens (including phenoxy) is 1. The fourth-order valence-electron chi connectivity index (χ4n) is 1.64. The Balaban J connectivity index is 2.58. The molecule has 0 radical (unpaired) electrons. The molecule has 16 heavy (non-hydrogen) atoms.